The Balaban J connectivity index is 4.47. The van der Waals surface area contributed by atoms with Crippen molar-refractivity contribution in [1.82, 2.24) is 10.6 Å². The standard InChI is InChI=1S/C17H36N2O3/c1-9-17(10-2,19-14(20)22-15(3,4)5)13-18-12-11-16(6,7)21-8/h18H,9-13H2,1-8H3,(H,19,20). The highest BCUT2D eigenvalue weighted by Crippen LogP contribution is 2.17. The Morgan fingerprint density at radius 3 is 2.00 bits per heavy atom. The van der Waals surface area contributed by atoms with Gasteiger partial charge in [-0.2, -0.15) is 0 Å². The van der Waals surface area contributed by atoms with Crippen LogP contribution >= 0.6 is 0 Å². The minimum atomic E-state index is -0.479. The molecule has 0 unspecified atom stereocenters. The molecule has 22 heavy (non-hydrogen) atoms. The van der Waals surface area contributed by atoms with Crippen molar-refractivity contribution in [2.24, 2.45) is 0 Å². The molecule has 0 heterocycles. The third-order valence-electron chi connectivity index (χ3n) is 4.04. The fourth-order valence-corrected chi connectivity index (χ4v) is 2.06. The Morgan fingerprint density at radius 1 is 1.05 bits per heavy atom. The highest BCUT2D eigenvalue weighted by atomic mass is 16.6. The molecule has 0 radical (unpaired) electrons. The molecule has 0 rings (SSSR count). The number of alkyl carbamates (subject to hydrolysis) is 1. The van der Waals surface area contributed by atoms with Crippen LogP contribution in [0.15, 0.2) is 0 Å². The van der Waals surface area contributed by atoms with Gasteiger partial charge in [0.05, 0.1) is 11.1 Å². The molecule has 0 aromatic carbocycles. The minimum Gasteiger partial charge on any atom is -0.444 e. The first-order valence-corrected chi connectivity index (χ1v) is 8.26. The zero-order chi connectivity index (χ0) is 17.4. The fraction of sp³-hybridized carbons (Fsp3) is 0.941. The highest BCUT2D eigenvalue weighted by molar-refractivity contribution is 5.68. The number of nitrogens with one attached hydrogen (secondary N) is 2. The van der Waals surface area contributed by atoms with Gasteiger partial charge in [0, 0.05) is 13.7 Å². The lowest BCUT2D eigenvalue weighted by atomic mass is 9.92. The summed E-state index contributed by atoms with van der Waals surface area (Å²) < 4.78 is 10.8. The molecule has 0 spiro atoms. The maximum Gasteiger partial charge on any atom is 0.408 e. The Hall–Kier alpha value is -0.810. The normalized spacial score (nSPS) is 13.1. The molecule has 0 bridgehead atoms. The molecule has 0 atom stereocenters. The van der Waals surface area contributed by atoms with Crippen LogP contribution in [0.4, 0.5) is 4.79 Å². The second-order valence-corrected chi connectivity index (χ2v) is 7.50. The highest BCUT2D eigenvalue weighted by Gasteiger charge is 2.30. The molecule has 5 nitrogen and oxygen atoms in total. The third kappa shape index (κ3) is 8.59. The van der Waals surface area contributed by atoms with Crippen LogP contribution in [0.1, 0.15) is 67.7 Å². The van der Waals surface area contributed by atoms with Gasteiger partial charge in [-0.25, -0.2) is 4.79 Å². The van der Waals surface area contributed by atoms with Gasteiger partial charge in [-0.3, -0.25) is 0 Å². The summed E-state index contributed by atoms with van der Waals surface area (Å²) in [5.74, 6) is 0. The van der Waals surface area contributed by atoms with Crippen LogP contribution in [0.25, 0.3) is 0 Å². The van der Waals surface area contributed by atoms with E-state index in [1.165, 1.54) is 0 Å². The minimum absolute atomic E-state index is 0.132. The van der Waals surface area contributed by atoms with Gasteiger partial charge in [-0.1, -0.05) is 13.8 Å². The maximum atomic E-state index is 12.0. The van der Waals surface area contributed by atoms with Crippen molar-refractivity contribution in [3.05, 3.63) is 0 Å². The molecule has 2 N–H and O–H groups in total. The number of hydrogen-bond acceptors (Lipinski definition) is 4. The SMILES string of the molecule is CCC(CC)(CNCCC(C)(C)OC)NC(=O)OC(C)(C)C. The van der Waals surface area contributed by atoms with E-state index in [1.54, 1.807) is 7.11 Å². The van der Waals surface area contributed by atoms with Crippen molar-refractivity contribution in [1.29, 1.82) is 0 Å². The summed E-state index contributed by atoms with van der Waals surface area (Å²) in [7, 11) is 1.73. The monoisotopic (exact) mass is 316 g/mol. The number of ether oxygens (including phenoxy) is 2. The quantitative estimate of drug-likeness (QED) is 0.639. The Labute approximate surface area is 136 Å². The molecule has 0 aromatic heterocycles. The van der Waals surface area contributed by atoms with E-state index in [-0.39, 0.29) is 17.2 Å². The predicted molar refractivity (Wildman–Crippen MR) is 91.3 cm³/mol. The number of hydrogen-bond donors (Lipinski definition) is 2. The zero-order valence-electron chi connectivity index (χ0n) is 15.8. The van der Waals surface area contributed by atoms with Crippen molar-refractivity contribution < 1.29 is 14.3 Å². The van der Waals surface area contributed by atoms with Crippen LogP contribution in [0, 0.1) is 0 Å². The Bertz CT molecular complexity index is 331. The maximum absolute atomic E-state index is 12.0. The predicted octanol–water partition coefficient (Wildman–Crippen LogP) is 3.47. The second kappa shape index (κ2) is 8.73. The van der Waals surface area contributed by atoms with Crippen molar-refractivity contribution in [2.75, 3.05) is 20.2 Å². The molecule has 132 valence electrons. The number of amides is 1. The number of rotatable bonds is 9. The lowest BCUT2D eigenvalue weighted by Gasteiger charge is -2.34. The average Bonchev–Trinajstić information content (AvgIpc) is 2.40. The molecule has 0 aliphatic rings. The summed E-state index contributed by atoms with van der Waals surface area (Å²) in [5.41, 5.74) is -0.889. The molecular formula is C17H36N2O3. The van der Waals surface area contributed by atoms with E-state index in [0.717, 1.165) is 32.4 Å². The number of carbonyl (C=O) groups is 1. The van der Waals surface area contributed by atoms with Crippen LogP contribution in [0.5, 0.6) is 0 Å². The molecule has 0 aromatic rings. The lowest BCUT2D eigenvalue weighted by molar-refractivity contribution is 0.0151. The van der Waals surface area contributed by atoms with Gasteiger partial charge >= 0.3 is 6.09 Å². The van der Waals surface area contributed by atoms with E-state index >= 15 is 0 Å². The van der Waals surface area contributed by atoms with Crippen LogP contribution in [0.2, 0.25) is 0 Å². The summed E-state index contributed by atoms with van der Waals surface area (Å²) in [6.45, 7) is 15.5. The molecule has 0 aliphatic carbocycles. The van der Waals surface area contributed by atoms with Gasteiger partial charge in [-0.15, -0.1) is 0 Å². The zero-order valence-corrected chi connectivity index (χ0v) is 15.8. The summed E-state index contributed by atoms with van der Waals surface area (Å²) in [4.78, 5) is 12.0. The molecule has 0 aliphatic heterocycles. The van der Waals surface area contributed by atoms with E-state index in [2.05, 4.69) is 38.3 Å². The van der Waals surface area contributed by atoms with Crippen LogP contribution in [0.3, 0.4) is 0 Å². The van der Waals surface area contributed by atoms with Gasteiger partial charge in [0.1, 0.15) is 5.60 Å². The fourth-order valence-electron chi connectivity index (χ4n) is 2.06. The van der Waals surface area contributed by atoms with E-state index in [0.29, 0.717) is 0 Å². The molecule has 1 amide bonds. The van der Waals surface area contributed by atoms with Crippen LogP contribution in [-0.4, -0.2) is 43.0 Å². The Kier molecular flexibility index (Phi) is 8.40. The van der Waals surface area contributed by atoms with Crippen molar-refractivity contribution in [3.8, 4) is 0 Å². The summed E-state index contributed by atoms with van der Waals surface area (Å²) in [5, 5.41) is 6.48. The van der Waals surface area contributed by atoms with Crippen molar-refractivity contribution >= 4 is 6.09 Å². The number of methoxy groups -OCH3 is 1. The van der Waals surface area contributed by atoms with Crippen molar-refractivity contribution in [2.45, 2.75) is 84.5 Å². The smallest absolute Gasteiger partial charge is 0.408 e. The first kappa shape index (κ1) is 21.2. The van der Waals surface area contributed by atoms with Gasteiger partial charge in [0.15, 0.2) is 0 Å². The summed E-state index contributed by atoms with van der Waals surface area (Å²) >= 11 is 0. The first-order chi connectivity index (χ1) is 9.99. The lowest BCUT2D eigenvalue weighted by Crippen LogP contribution is -2.55. The van der Waals surface area contributed by atoms with E-state index in [9.17, 15) is 4.79 Å². The molecule has 5 heteroatoms. The van der Waals surface area contributed by atoms with E-state index in [1.807, 2.05) is 20.8 Å². The third-order valence-corrected chi connectivity index (χ3v) is 4.04. The van der Waals surface area contributed by atoms with Gasteiger partial charge < -0.3 is 20.1 Å². The molecule has 0 fully saturated rings. The Morgan fingerprint density at radius 2 is 1.59 bits per heavy atom. The average molecular weight is 316 g/mol. The summed E-state index contributed by atoms with van der Waals surface area (Å²) in [6.07, 6.45) is 2.27. The number of carbonyl (C=O) groups excluding carboxylic acids is 1. The topological polar surface area (TPSA) is 59.6 Å². The largest absolute Gasteiger partial charge is 0.444 e. The van der Waals surface area contributed by atoms with Gasteiger partial charge in [-0.05, 0) is 60.4 Å². The van der Waals surface area contributed by atoms with Gasteiger partial charge in [0.2, 0.25) is 0 Å². The van der Waals surface area contributed by atoms with Crippen LogP contribution < -0.4 is 10.6 Å². The summed E-state index contributed by atoms with van der Waals surface area (Å²) in [6, 6.07) is 0. The molecular weight excluding hydrogens is 280 g/mol. The second-order valence-electron chi connectivity index (χ2n) is 7.50. The van der Waals surface area contributed by atoms with Crippen molar-refractivity contribution in [3.63, 3.8) is 0 Å². The van der Waals surface area contributed by atoms with E-state index in [4.69, 9.17) is 9.47 Å². The molecule has 0 saturated heterocycles. The first-order valence-electron chi connectivity index (χ1n) is 8.26. The van der Waals surface area contributed by atoms with Crippen LogP contribution in [-0.2, 0) is 9.47 Å². The molecule has 0 saturated carbocycles. The van der Waals surface area contributed by atoms with E-state index < -0.39 is 5.60 Å². The van der Waals surface area contributed by atoms with Gasteiger partial charge in [0.25, 0.3) is 0 Å².